The summed E-state index contributed by atoms with van der Waals surface area (Å²) in [5.74, 6) is 0.301. The molecule has 2 rings (SSSR count). The Morgan fingerprint density at radius 2 is 1.50 bits per heavy atom. The molecule has 0 radical (unpaired) electrons. The van der Waals surface area contributed by atoms with Crippen LogP contribution in [0.5, 0.6) is 0 Å². The second kappa shape index (κ2) is 3.88. The van der Waals surface area contributed by atoms with Crippen molar-refractivity contribution < 1.29 is 4.79 Å². The summed E-state index contributed by atoms with van der Waals surface area (Å²) in [7, 11) is 0. The van der Waals surface area contributed by atoms with Crippen molar-refractivity contribution in [3.05, 3.63) is 65.8 Å². The molecule has 0 aliphatic heterocycles. The third-order valence-corrected chi connectivity index (χ3v) is 2.03. The van der Waals surface area contributed by atoms with E-state index in [1.165, 1.54) is 0 Å². The lowest BCUT2D eigenvalue weighted by molar-refractivity contribution is 0.683. The van der Waals surface area contributed by atoms with Gasteiger partial charge >= 0.3 is 5.78 Å². The van der Waals surface area contributed by atoms with E-state index in [-0.39, 0.29) is 0 Å². The van der Waals surface area contributed by atoms with Crippen molar-refractivity contribution in [1.82, 2.24) is 0 Å². The highest BCUT2D eigenvalue weighted by molar-refractivity contribution is 6.02. The smallest absolute Gasteiger partial charge is 0.274 e. The minimum absolute atomic E-state index is 0.301. The normalized spacial score (nSPS) is 14.6. The summed E-state index contributed by atoms with van der Waals surface area (Å²) in [5, 5.41) is 0. The van der Waals surface area contributed by atoms with Crippen molar-refractivity contribution in [2.24, 2.45) is 0 Å². The van der Waals surface area contributed by atoms with Crippen LogP contribution in [0.15, 0.2) is 60.2 Å². The third-order valence-electron chi connectivity index (χ3n) is 2.03. The Morgan fingerprint density at radius 3 is 2.14 bits per heavy atom. The van der Waals surface area contributed by atoms with Crippen molar-refractivity contribution in [3.63, 3.8) is 0 Å². The summed E-state index contributed by atoms with van der Waals surface area (Å²) in [6.45, 7) is 0. The highest BCUT2D eigenvalue weighted by Gasteiger charge is 2.02. The lowest BCUT2D eigenvalue weighted by Gasteiger charge is -1.97. The number of carbonyl (C=O) groups excluding carboxylic acids is 1. The molecule has 0 unspecified atom stereocenters. The number of ketones is 1. The summed E-state index contributed by atoms with van der Waals surface area (Å²) >= 11 is 0. The summed E-state index contributed by atoms with van der Waals surface area (Å²) in [5.41, 5.74) is 2.26. The molecule has 1 aromatic carbocycles. The van der Waals surface area contributed by atoms with Crippen LogP contribution >= 0.6 is 0 Å². The number of benzene rings is 1. The zero-order chi connectivity index (χ0) is 9.80. The van der Waals surface area contributed by atoms with E-state index >= 15 is 0 Å². The zero-order valence-corrected chi connectivity index (χ0v) is 7.72. The van der Waals surface area contributed by atoms with Crippen LogP contribution in [-0.2, 0) is 0 Å². The first-order valence-electron chi connectivity index (χ1n) is 4.53. The summed E-state index contributed by atoms with van der Waals surface area (Å²) in [4.78, 5) is 9.11. The minimum atomic E-state index is 0.301. The van der Waals surface area contributed by atoms with E-state index in [0.717, 1.165) is 11.1 Å². The predicted octanol–water partition coefficient (Wildman–Crippen LogP) is 2.74. The Bertz CT molecular complexity index is 404. The van der Waals surface area contributed by atoms with Crippen LogP contribution in [0, 0.1) is 0 Å². The average molecular weight is 183 g/mol. The first-order chi connectivity index (χ1) is 6.84. The lowest BCUT2D eigenvalue weighted by atomic mass is 10.1. The van der Waals surface area contributed by atoms with Gasteiger partial charge in [0.15, 0.2) is 0 Å². The van der Waals surface area contributed by atoms with Crippen molar-refractivity contribution in [1.29, 1.82) is 0 Å². The first-order valence-corrected chi connectivity index (χ1v) is 4.53. The Balaban J connectivity index is 2.25. The van der Waals surface area contributed by atoms with Gasteiger partial charge in [-0.3, -0.25) is 4.79 Å². The molecule has 0 spiro atoms. The first kappa shape index (κ1) is 8.70. The molecule has 0 bridgehead atoms. The van der Waals surface area contributed by atoms with E-state index in [0.29, 0.717) is 5.78 Å². The third kappa shape index (κ3) is 2.07. The van der Waals surface area contributed by atoms with Gasteiger partial charge in [0.25, 0.3) is 0 Å². The molecule has 1 nitrogen and oxygen atoms in total. The SMILES string of the molecule is [OH+]=C1C=CC(=Cc2ccccc2)C=C1. The van der Waals surface area contributed by atoms with E-state index in [9.17, 15) is 0 Å². The molecule has 0 atom stereocenters. The molecule has 1 aliphatic carbocycles. The lowest BCUT2D eigenvalue weighted by Crippen LogP contribution is -1.91. The van der Waals surface area contributed by atoms with Gasteiger partial charge in [0.1, 0.15) is 0 Å². The van der Waals surface area contributed by atoms with Crippen molar-refractivity contribution in [2.45, 2.75) is 0 Å². The molecule has 14 heavy (non-hydrogen) atoms. The minimum Gasteiger partial charge on any atom is -0.274 e. The van der Waals surface area contributed by atoms with Crippen LogP contribution in [0.25, 0.3) is 6.08 Å². The maximum absolute atomic E-state index is 9.11. The Kier molecular flexibility index (Phi) is 2.41. The van der Waals surface area contributed by atoms with Gasteiger partial charge in [0.05, 0.1) is 0 Å². The second-order valence-corrected chi connectivity index (χ2v) is 3.15. The van der Waals surface area contributed by atoms with E-state index in [4.69, 9.17) is 4.79 Å². The Hall–Kier alpha value is -1.89. The molecular formula is C13H11O+. The molecule has 0 fully saturated rings. The van der Waals surface area contributed by atoms with E-state index in [1.54, 1.807) is 12.2 Å². The fraction of sp³-hybridized carbons (Fsp3) is 0. The summed E-state index contributed by atoms with van der Waals surface area (Å²) in [6.07, 6.45) is 9.23. The monoisotopic (exact) mass is 183 g/mol. The van der Waals surface area contributed by atoms with E-state index < -0.39 is 0 Å². The van der Waals surface area contributed by atoms with Crippen LogP contribution in [0.3, 0.4) is 0 Å². The van der Waals surface area contributed by atoms with Gasteiger partial charge in [-0.05, 0) is 29.4 Å². The molecule has 0 saturated carbocycles. The molecule has 1 aromatic rings. The number of rotatable bonds is 1. The van der Waals surface area contributed by atoms with Crippen LogP contribution in [0.4, 0.5) is 0 Å². The number of allylic oxidation sites excluding steroid dienone is 5. The standard InChI is InChI=1S/C13H10O/c14-13-8-6-12(7-9-13)10-11-4-2-1-3-5-11/h1-10H/p+1. The van der Waals surface area contributed by atoms with E-state index in [1.807, 2.05) is 42.5 Å². The molecule has 0 amide bonds. The topological polar surface area (TPSA) is 21.4 Å². The zero-order valence-electron chi connectivity index (χ0n) is 7.72. The van der Waals surface area contributed by atoms with Crippen LogP contribution in [-0.4, -0.2) is 10.6 Å². The molecular weight excluding hydrogens is 172 g/mol. The van der Waals surface area contributed by atoms with Gasteiger partial charge in [0.2, 0.25) is 0 Å². The van der Waals surface area contributed by atoms with Crippen molar-refractivity contribution in [2.75, 3.05) is 0 Å². The Labute approximate surface area is 83.1 Å². The highest BCUT2D eigenvalue weighted by atomic mass is 16.1. The fourth-order valence-electron chi connectivity index (χ4n) is 1.31. The largest absolute Gasteiger partial charge is 0.340 e. The number of hydrogen-bond donors (Lipinski definition) is 0. The maximum atomic E-state index is 9.11. The van der Waals surface area contributed by atoms with Gasteiger partial charge in [-0.15, -0.1) is 0 Å². The molecule has 1 aliphatic rings. The predicted molar refractivity (Wildman–Crippen MR) is 59.6 cm³/mol. The van der Waals surface area contributed by atoms with Crippen LogP contribution < -0.4 is 0 Å². The van der Waals surface area contributed by atoms with Crippen LogP contribution in [0.2, 0.25) is 0 Å². The van der Waals surface area contributed by atoms with Gasteiger partial charge in [-0.25, -0.2) is 0 Å². The van der Waals surface area contributed by atoms with Gasteiger partial charge < -0.3 is 0 Å². The fourth-order valence-corrected chi connectivity index (χ4v) is 1.31. The van der Waals surface area contributed by atoms with Gasteiger partial charge in [-0.2, -0.15) is 0 Å². The second-order valence-electron chi connectivity index (χ2n) is 3.15. The molecule has 0 saturated heterocycles. The average Bonchev–Trinajstić information content (AvgIpc) is 2.23. The quantitative estimate of drug-likeness (QED) is 0.597. The molecule has 1 heteroatoms. The summed E-state index contributed by atoms with van der Waals surface area (Å²) < 4.78 is 0. The van der Waals surface area contributed by atoms with Crippen LogP contribution in [0.1, 0.15) is 5.56 Å². The van der Waals surface area contributed by atoms with Gasteiger partial charge in [0, 0.05) is 12.2 Å². The molecule has 68 valence electrons. The molecule has 1 N–H and O–H groups in total. The molecule has 0 heterocycles. The van der Waals surface area contributed by atoms with Crippen molar-refractivity contribution in [3.8, 4) is 0 Å². The molecule has 0 aromatic heterocycles. The Morgan fingerprint density at radius 1 is 0.857 bits per heavy atom. The maximum Gasteiger partial charge on any atom is 0.340 e. The number of hydrogen-bond acceptors (Lipinski definition) is 0. The summed E-state index contributed by atoms with van der Waals surface area (Å²) in [6, 6.07) is 10.1. The van der Waals surface area contributed by atoms with Crippen molar-refractivity contribution >= 4 is 11.9 Å². The van der Waals surface area contributed by atoms with E-state index in [2.05, 4.69) is 6.08 Å². The van der Waals surface area contributed by atoms with Gasteiger partial charge in [-0.1, -0.05) is 30.3 Å². The highest BCUT2D eigenvalue weighted by Crippen LogP contribution is 2.11.